The number of hydrogen-bond acceptors (Lipinski definition) is 4. The molecule has 1 aromatic rings. The number of nitrogens with one attached hydrogen (secondary N) is 2. The maximum absolute atomic E-state index is 11.9. The highest BCUT2D eigenvalue weighted by Crippen LogP contribution is 2.16. The van der Waals surface area contributed by atoms with Crippen molar-refractivity contribution < 1.29 is 19.1 Å². The molecule has 0 unspecified atom stereocenters. The van der Waals surface area contributed by atoms with Gasteiger partial charge in [0.1, 0.15) is 0 Å². The van der Waals surface area contributed by atoms with Gasteiger partial charge in [0.15, 0.2) is 0 Å². The first-order valence-corrected chi connectivity index (χ1v) is 7.56. The van der Waals surface area contributed by atoms with Crippen LogP contribution in [0, 0.1) is 0 Å². The number of benzene rings is 1. The van der Waals surface area contributed by atoms with Gasteiger partial charge in [-0.1, -0.05) is 0 Å². The lowest BCUT2D eigenvalue weighted by molar-refractivity contribution is 0.0526. The van der Waals surface area contributed by atoms with Crippen LogP contribution in [0.4, 0.5) is 10.5 Å². The van der Waals surface area contributed by atoms with E-state index in [0.717, 1.165) is 19.4 Å². The molecular formula is C16H22N2O4. The van der Waals surface area contributed by atoms with E-state index in [9.17, 15) is 9.59 Å². The minimum Gasteiger partial charge on any atom is -0.462 e. The van der Waals surface area contributed by atoms with Crippen LogP contribution in [0.3, 0.4) is 0 Å². The van der Waals surface area contributed by atoms with Crippen molar-refractivity contribution >= 4 is 17.7 Å². The normalized spacial score (nSPS) is 18.5. The number of urea groups is 1. The quantitative estimate of drug-likeness (QED) is 0.820. The summed E-state index contributed by atoms with van der Waals surface area (Å²) in [5.74, 6) is -0.370. The first-order valence-electron chi connectivity index (χ1n) is 7.56. The molecule has 0 aromatic heterocycles. The summed E-state index contributed by atoms with van der Waals surface area (Å²) in [7, 11) is 0. The number of amides is 2. The van der Waals surface area contributed by atoms with E-state index in [1.807, 2.05) is 6.92 Å². The van der Waals surface area contributed by atoms with E-state index < -0.39 is 0 Å². The number of carbonyl (C=O) groups excluding carboxylic acids is 2. The van der Waals surface area contributed by atoms with Crippen LogP contribution in [0.1, 0.15) is 37.0 Å². The molecule has 6 nitrogen and oxygen atoms in total. The van der Waals surface area contributed by atoms with Crippen LogP contribution in [0.5, 0.6) is 0 Å². The summed E-state index contributed by atoms with van der Waals surface area (Å²) >= 11 is 0. The van der Waals surface area contributed by atoms with E-state index >= 15 is 0 Å². The molecule has 120 valence electrons. The molecule has 2 N–H and O–H groups in total. The zero-order chi connectivity index (χ0) is 15.9. The molecule has 1 heterocycles. The van der Waals surface area contributed by atoms with Gasteiger partial charge in [-0.2, -0.15) is 0 Å². The molecule has 1 aliphatic heterocycles. The molecule has 1 aliphatic rings. The monoisotopic (exact) mass is 306 g/mol. The van der Waals surface area contributed by atoms with Gasteiger partial charge >= 0.3 is 12.0 Å². The Morgan fingerprint density at radius 3 is 2.68 bits per heavy atom. The minimum absolute atomic E-state index is 0.0405. The van der Waals surface area contributed by atoms with Crippen molar-refractivity contribution in [2.75, 3.05) is 18.5 Å². The smallest absolute Gasteiger partial charge is 0.338 e. The van der Waals surface area contributed by atoms with Crippen LogP contribution in [-0.4, -0.2) is 37.4 Å². The zero-order valence-electron chi connectivity index (χ0n) is 12.9. The van der Waals surface area contributed by atoms with Crippen LogP contribution < -0.4 is 10.6 Å². The van der Waals surface area contributed by atoms with E-state index in [1.54, 1.807) is 31.2 Å². The number of ether oxygens (including phenoxy) is 2. The molecule has 1 aromatic carbocycles. The summed E-state index contributed by atoms with van der Waals surface area (Å²) in [4.78, 5) is 23.5. The second kappa shape index (κ2) is 7.79. The van der Waals surface area contributed by atoms with Crippen LogP contribution in [0.2, 0.25) is 0 Å². The second-order valence-electron chi connectivity index (χ2n) is 5.24. The molecule has 0 aliphatic carbocycles. The summed E-state index contributed by atoms with van der Waals surface area (Å²) in [6.07, 6.45) is 2.08. The van der Waals surface area contributed by atoms with E-state index in [4.69, 9.17) is 9.47 Å². The van der Waals surface area contributed by atoms with E-state index in [-0.39, 0.29) is 24.1 Å². The molecule has 1 saturated heterocycles. The van der Waals surface area contributed by atoms with Gasteiger partial charge in [0.2, 0.25) is 0 Å². The lowest BCUT2D eigenvalue weighted by Gasteiger charge is -2.20. The Kier molecular flexibility index (Phi) is 5.77. The topological polar surface area (TPSA) is 76.7 Å². The van der Waals surface area contributed by atoms with Gasteiger partial charge in [-0.3, -0.25) is 0 Å². The number of rotatable bonds is 5. The highest BCUT2D eigenvalue weighted by Gasteiger charge is 2.23. The molecule has 6 heteroatoms. The fourth-order valence-electron chi connectivity index (χ4n) is 2.37. The van der Waals surface area contributed by atoms with Gasteiger partial charge in [0.25, 0.3) is 0 Å². The van der Waals surface area contributed by atoms with Gasteiger partial charge in [-0.05, 0) is 51.0 Å². The molecule has 2 rings (SSSR count). The summed E-state index contributed by atoms with van der Waals surface area (Å²) < 4.78 is 10.4. The third-order valence-corrected chi connectivity index (χ3v) is 3.54. The fourth-order valence-corrected chi connectivity index (χ4v) is 2.37. The summed E-state index contributed by atoms with van der Waals surface area (Å²) in [5, 5.41) is 5.60. The Hall–Kier alpha value is -2.08. The highest BCUT2D eigenvalue weighted by molar-refractivity contribution is 5.92. The fraction of sp³-hybridized carbons (Fsp3) is 0.500. The third kappa shape index (κ3) is 4.46. The van der Waals surface area contributed by atoms with Crippen molar-refractivity contribution in [1.82, 2.24) is 5.32 Å². The van der Waals surface area contributed by atoms with Gasteiger partial charge in [-0.25, -0.2) is 9.59 Å². The van der Waals surface area contributed by atoms with Gasteiger partial charge in [-0.15, -0.1) is 0 Å². The van der Waals surface area contributed by atoms with Gasteiger partial charge < -0.3 is 20.1 Å². The molecule has 2 atom stereocenters. The molecule has 0 saturated carbocycles. The standard InChI is InChI=1S/C16H22N2O4/c1-3-21-15(19)12-6-8-13(9-7-12)18-16(20)17-11(2)14-5-4-10-22-14/h6-9,11,14H,3-5,10H2,1-2H3,(H2,17,18,20)/t11-,14+/m0/s1. The predicted octanol–water partition coefficient (Wildman–Crippen LogP) is 2.55. The van der Waals surface area contributed by atoms with Crippen LogP contribution >= 0.6 is 0 Å². The largest absolute Gasteiger partial charge is 0.462 e. The molecule has 1 fully saturated rings. The van der Waals surface area contributed by atoms with Crippen molar-refractivity contribution in [3.63, 3.8) is 0 Å². The number of anilines is 1. The minimum atomic E-state index is -0.370. The number of carbonyl (C=O) groups is 2. The Labute approximate surface area is 130 Å². The molecule has 0 bridgehead atoms. The van der Waals surface area contributed by atoms with E-state index in [1.165, 1.54) is 0 Å². The lowest BCUT2D eigenvalue weighted by Crippen LogP contribution is -2.42. The van der Waals surface area contributed by atoms with Crippen molar-refractivity contribution in [2.24, 2.45) is 0 Å². The summed E-state index contributed by atoms with van der Waals surface area (Å²) in [6.45, 7) is 4.78. The zero-order valence-corrected chi connectivity index (χ0v) is 12.9. The Morgan fingerprint density at radius 1 is 1.36 bits per heavy atom. The van der Waals surface area contributed by atoms with Crippen LogP contribution in [-0.2, 0) is 9.47 Å². The van der Waals surface area contributed by atoms with Crippen LogP contribution in [0.15, 0.2) is 24.3 Å². The molecular weight excluding hydrogens is 284 g/mol. The van der Waals surface area contributed by atoms with Crippen molar-refractivity contribution in [1.29, 1.82) is 0 Å². The number of hydrogen-bond donors (Lipinski definition) is 2. The van der Waals surface area contributed by atoms with E-state index in [0.29, 0.717) is 17.9 Å². The molecule has 0 radical (unpaired) electrons. The summed E-state index contributed by atoms with van der Waals surface area (Å²) in [6, 6.07) is 6.26. The van der Waals surface area contributed by atoms with Gasteiger partial charge in [0.05, 0.1) is 24.3 Å². The highest BCUT2D eigenvalue weighted by atomic mass is 16.5. The van der Waals surface area contributed by atoms with Crippen molar-refractivity contribution in [2.45, 2.75) is 38.8 Å². The van der Waals surface area contributed by atoms with Gasteiger partial charge in [0, 0.05) is 12.3 Å². The van der Waals surface area contributed by atoms with Crippen molar-refractivity contribution in [3.8, 4) is 0 Å². The SMILES string of the molecule is CCOC(=O)c1ccc(NC(=O)N[C@@H](C)[C@H]2CCCO2)cc1. The average molecular weight is 306 g/mol. The predicted molar refractivity (Wildman–Crippen MR) is 83.0 cm³/mol. The van der Waals surface area contributed by atoms with Crippen molar-refractivity contribution in [3.05, 3.63) is 29.8 Å². The van der Waals surface area contributed by atoms with E-state index in [2.05, 4.69) is 10.6 Å². The summed E-state index contributed by atoms with van der Waals surface area (Å²) in [5.41, 5.74) is 1.07. The Balaban J connectivity index is 1.84. The Morgan fingerprint density at radius 2 is 2.09 bits per heavy atom. The maximum Gasteiger partial charge on any atom is 0.338 e. The second-order valence-corrected chi connectivity index (χ2v) is 5.24. The first kappa shape index (κ1) is 16.3. The Bertz CT molecular complexity index is 509. The molecule has 22 heavy (non-hydrogen) atoms. The van der Waals surface area contributed by atoms with Crippen LogP contribution in [0.25, 0.3) is 0 Å². The number of esters is 1. The average Bonchev–Trinajstić information content (AvgIpc) is 3.02. The maximum atomic E-state index is 11.9. The molecule has 2 amide bonds. The third-order valence-electron chi connectivity index (χ3n) is 3.54. The lowest BCUT2D eigenvalue weighted by atomic mass is 10.1. The first-order chi connectivity index (χ1) is 10.6. The molecule has 0 spiro atoms.